The monoisotopic (exact) mass is 445 g/mol. The molecule has 1 aliphatic carbocycles. The average Bonchev–Trinajstić information content (AvgIpc) is 3.07. The minimum Gasteiger partial charge on any atom is -0.485 e. The normalized spacial score (nSPS) is 21.3. The number of rotatable bonds is 8. The number of ether oxygens (including phenoxy) is 1. The third kappa shape index (κ3) is 5.93. The Hall–Kier alpha value is -2.22. The number of aromatic nitrogens is 3. The Morgan fingerprint density at radius 3 is 2.84 bits per heavy atom. The van der Waals surface area contributed by atoms with Gasteiger partial charge in [-0.2, -0.15) is 0 Å². The lowest BCUT2D eigenvalue weighted by Gasteiger charge is -2.34. The van der Waals surface area contributed by atoms with Gasteiger partial charge in [0.05, 0.1) is 5.75 Å². The van der Waals surface area contributed by atoms with Crippen molar-refractivity contribution in [2.24, 2.45) is 11.8 Å². The Kier molecular flexibility index (Phi) is 7.86. The molecule has 3 atom stereocenters. The SMILES string of the molecule is Cc1ccc(C(C)C)c(OCc2nnc(SCC(=O)NC3CCCC(C)C3C)n2N)c1. The highest BCUT2D eigenvalue weighted by Crippen LogP contribution is 2.30. The lowest BCUT2D eigenvalue weighted by atomic mass is 9.78. The van der Waals surface area contributed by atoms with Crippen LogP contribution in [0.15, 0.2) is 23.4 Å². The fraction of sp³-hybridized carbons (Fsp3) is 0.609. The number of carbonyl (C=O) groups is 1. The minimum absolute atomic E-state index is 0.0121. The smallest absolute Gasteiger partial charge is 0.230 e. The number of nitrogen functional groups attached to an aromatic ring is 1. The molecule has 1 aliphatic rings. The molecule has 31 heavy (non-hydrogen) atoms. The molecule has 1 aromatic carbocycles. The number of thioether (sulfide) groups is 1. The maximum Gasteiger partial charge on any atom is 0.230 e. The van der Waals surface area contributed by atoms with Crippen LogP contribution >= 0.6 is 11.8 Å². The second-order valence-corrected chi connectivity index (χ2v) is 9.93. The Labute approximate surface area is 189 Å². The van der Waals surface area contributed by atoms with E-state index in [1.165, 1.54) is 29.3 Å². The van der Waals surface area contributed by atoms with Crippen LogP contribution in [-0.4, -0.2) is 32.6 Å². The third-order valence-corrected chi connectivity index (χ3v) is 7.21. The number of benzene rings is 1. The van der Waals surface area contributed by atoms with Gasteiger partial charge in [-0.05, 0) is 48.3 Å². The minimum atomic E-state index is 0.0121. The molecule has 0 bridgehead atoms. The summed E-state index contributed by atoms with van der Waals surface area (Å²) in [6.45, 7) is 11.0. The van der Waals surface area contributed by atoms with Crippen LogP contribution in [0.3, 0.4) is 0 Å². The molecule has 7 nitrogen and oxygen atoms in total. The van der Waals surface area contributed by atoms with E-state index in [2.05, 4.69) is 55.3 Å². The molecule has 170 valence electrons. The summed E-state index contributed by atoms with van der Waals surface area (Å²) in [5.74, 6) is 9.30. The Morgan fingerprint density at radius 1 is 1.32 bits per heavy atom. The van der Waals surface area contributed by atoms with Crippen LogP contribution < -0.4 is 15.9 Å². The van der Waals surface area contributed by atoms with Gasteiger partial charge in [-0.15, -0.1) is 10.2 Å². The van der Waals surface area contributed by atoms with Gasteiger partial charge in [0.15, 0.2) is 5.82 Å². The first-order valence-electron chi connectivity index (χ1n) is 11.1. The number of nitrogens with two attached hydrogens (primary N) is 1. The molecule has 1 fully saturated rings. The van der Waals surface area contributed by atoms with E-state index >= 15 is 0 Å². The van der Waals surface area contributed by atoms with E-state index in [0.717, 1.165) is 23.3 Å². The van der Waals surface area contributed by atoms with Crippen LogP contribution in [-0.2, 0) is 11.4 Å². The molecule has 1 heterocycles. The molecule has 3 N–H and O–H groups in total. The van der Waals surface area contributed by atoms with Crippen molar-refractivity contribution in [3.05, 3.63) is 35.2 Å². The highest BCUT2D eigenvalue weighted by molar-refractivity contribution is 7.99. The zero-order valence-electron chi connectivity index (χ0n) is 19.2. The summed E-state index contributed by atoms with van der Waals surface area (Å²) >= 11 is 1.30. The first kappa shape index (κ1) is 23.4. The van der Waals surface area contributed by atoms with Crippen LogP contribution in [0, 0.1) is 18.8 Å². The van der Waals surface area contributed by atoms with Gasteiger partial charge in [0, 0.05) is 6.04 Å². The van der Waals surface area contributed by atoms with Gasteiger partial charge in [0.1, 0.15) is 12.4 Å². The second kappa shape index (κ2) is 10.4. The van der Waals surface area contributed by atoms with Gasteiger partial charge in [-0.1, -0.05) is 64.4 Å². The third-order valence-electron chi connectivity index (χ3n) is 6.27. The molecule has 1 aromatic heterocycles. The highest BCUT2D eigenvalue weighted by atomic mass is 32.2. The summed E-state index contributed by atoms with van der Waals surface area (Å²) in [6.07, 6.45) is 3.46. The second-order valence-electron chi connectivity index (χ2n) is 8.98. The lowest BCUT2D eigenvalue weighted by molar-refractivity contribution is -0.120. The fourth-order valence-electron chi connectivity index (χ4n) is 4.05. The van der Waals surface area contributed by atoms with Crippen LogP contribution in [0.1, 0.15) is 69.8 Å². The number of hydrogen-bond acceptors (Lipinski definition) is 6. The highest BCUT2D eigenvalue weighted by Gasteiger charge is 2.28. The maximum absolute atomic E-state index is 12.4. The molecular formula is C23H35N5O2S. The molecule has 3 unspecified atom stereocenters. The Bertz CT molecular complexity index is 898. The number of nitrogens with zero attached hydrogens (tertiary/aromatic N) is 3. The molecule has 0 radical (unpaired) electrons. The zero-order valence-corrected chi connectivity index (χ0v) is 20.0. The summed E-state index contributed by atoms with van der Waals surface area (Å²) in [5, 5.41) is 12.0. The van der Waals surface area contributed by atoms with Gasteiger partial charge < -0.3 is 15.9 Å². The fourth-order valence-corrected chi connectivity index (χ4v) is 4.74. The molecule has 1 amide bonds. The largest absolute Gasteiger partial charge is 0.485 e. The Balaban J connectivity index is 1.55. The molecule has 2 aromatic rings. The first-order chi connectivity index (χ1) is 14.8. The number of amides is 1. The average molecular weight is 446 g/mol. The van der Waals surface area contributed by atoms with Crippen LogP contribution in [0.25, 0.3) is 0 Å². The Morgan fingerprint density at radius 2 is 2.10 bits per heavy atom. The first-order valence-corrected chi connectivity index (χ1v) is 12.1. The van der Waals surface area contributed by atoms with Crippen molar-refractivity contribution in [2.75, 3.05) is 11.6 Å². The van der Waals surface area contributed by atoms with E-state index in [1.807, 2.05) is 13.0 Å². The van der Waals surface area contributed by atoms with Crippen LogP contribution in [0.2, 0.25) is 0 Å². The van der Waals surface area contributed by atoms with Crippen molar-refractivity contribution in [1.29, 1.82) is 0 Å². The zero-order chi connectivity index (χ0) is 22.5. The van der Waals surface area contributed by atoms with Crippen molar-refractivity contribution < 1.29 is 9.53 Å². The summed E-state index contributed by atoms with van der Waals surface area (Å²) in [7, 11) is 0. The van der Waals surface area contributed by atoms with Crippen LogP contribution in [0.4, 0.5) is 0 Å². The molecular weight excluding hydrogens is 410 g/mol. The summed E-state index contributed by atoms with van der Waals surface area (Å²) in [5.41, 5.74) is 2.28. The van der Waals surface area contributed by atoms with E-state index < -0.39 is 0 Å². The van der Waals surface area contributed by atoms with Gasteiger partial charge >= 0.3 is 0 Å². The van der Waals surface area contributed by atoms with Gasteiger partial charge in [0.2, 0.25) is 11.1 Å². The summed E-state index contributed by atoms with van der Waals surface area (Å²) in [4.78, 5) is 12.4. The van der Waals surface area contributed by atoms with Gasteiger partial charge in [0.25, 0.3) is 0 Å². The van der Waals surface area contributed by atoms with Crippen molar-refractivity contribution >= 4 is 17.7 Å². The lowest BCUT2D eigenvalue weighted by Crippen LogP contribution is -2.44. The summed E-state index contributed by atoms with van der Waals surface area (Å²) in [6, 6.07) is 6.46. The predicted molar refractivity (Wildman–Crippen MR) is 125 cm³/mol. The number of hydrogen-bond donors (Lipinski definition) is 2. The number of carbonyl (C=O) groups excluding carboxylic acids is 1. The topological polar surface area (TPSA) is 95.1 Å². The quantitative estimate of drug-likeness (QED) is 0.470. The molecule has 8 heteroatoms. The van der Waals surface area contributed by atoms with E-state index in [9.17, 15) is 4.79 Å². The molecule has 0 spiro atoms. The summed E-state index contributed by atoms with van der Waals surface area (Å²) < 4.78 is 7.43. The molecule has 1 saturated carbocycles. The maximum atomic E-state index is 12.4. The van der Waals surface area contributed by atoms with E-state index in [0.29, 0.717) is 28.7 Å². The van der Waals surface area contributed by atoms with Crippen LogP contribution in [0.5, 0.6) is 5.75 Å². The molecule has 3 rings (SSSR count). The van der Waals surface area contributed by atoms with Crippen molar-refractivity contribution in [3.8, 4) is 5.75 Å². The molecule has 0 aliphatic heterocycles. The van der Waals surface area contributed by atoms with E-state index in [4.69, 9.17) is 10.6 Å². The number of aryl methyl sites for hydroxylation is 1. The molecule has 0 saturated heterocycles. The standard InChI is InChI=1S/C23H35N5O2S/c1-14(2)18-10-9-15(3)11-20(18)30-12-21-26-27-23(28(21)24)31-13-22(29)25-19-8-6-7-16(4)17(19)5/h9-11,14,16-17,19H,6-8,12-13,24H2,1-5H3,(H,25,29). The predicted octanol–water partition coefficient (Wildman–Crippen LogP) is 4.04. The van der Waals surface area contributed by atoms with Gasteiger partial charge in [-0.25, -0.2) is 4.68 Å². The number of nitrogens with one attached hydrogen (secondary N) is 1. The van der Waals surface area contributed by atoms with E-state index in [-0.39, 0.29) is 24.3 Å². The van der Waals surface area contributed by atoms with Crippen molar-refractivity contribution in [1.82, 2.24) is 20.2 Å². The van der Waals surface area contributed by atoms with Crippen molar-refractivity contribution in [3.63, 3.8) is 0 Å². The van der Waals surface area contributed by atoms with Crippen molar-refractivity contribution in [2.45, 2.75) is 77.6 Å². The van der Waals surface area contributed by atoms with E-state index in [1.54, 1.807) is 0 Å². The van der Waals surface area contributed by atoms with Gasteiger partial charge in [-0.3, -0.25) is 4.79 Å².